The number of ketones is 1. The van der Waals surface area contributed by atoms with Crippen molar-refractivity contribution in [2.75, 3.05) is 4.72 Å². The van der Waals surface area contributed by atoms with Gasteiger partial charge in [0.05, 0.1) is 11.3 Å². The van der Waals surface area contributed by atoms with E-state index in [1.54, 1.807) is 0 Å². The Labute approximate surface area is 136 Å². The lowest BCUT2D eigenvalue weighted by molar-refractivity contribution is -0.496. The molecule has 126 valence electrons. The zero-order valence-corrected chi connectivity index (χ0v) is 12.6. The van der Waals surface area contributed by atoms with Crippen molar-refractivity contribution in [2.24, 2.45) is 0 Å². The molecule has 2 aromatic rings. The number of anilines is 1. The molecule has 1 atom stereocenters. The standard InChI is InChI=1S/C14H10F2N2O5S/c15-9-2-3-10(12(16)6-9)14(19)11-5-8(7-18(20)21)1-4-13(11)17-24(22)23/h1-6,17H,7H2,(H,22,23)/p-1. The van der Waals surface area contributed by atoms with Gasteiger partial charge in [0.15, 0.2) is 5.78 Å². The van der Waals surface area contributed by atoms with Crippen molar-refractivity contribution in [1.29, 1.82) is 0 Å². The lowest BCUT2D eigenvalue weighted by atomic mass is 9.99. The van der Waals surface area contributed by atoms with Gasteiger partial charge in [-0.25, -0.2) is 8.78 Å². The zero-order valence-electron chi connectivity index (χ0n) is 11.8. The topological polar surface area (TPSA) is 112 Å². The van der Waals surface area contributed by atoms with Crippen molar-refractivity contribution in [2.45, 2.75) is 6.54 Å². The molecule has 0 aliphatic rings. The number of nitrogens with one attached hydrogen (secondary N) is 1. The highest BCUT2D eigenvalue weighted by Gasteiger charge is 2.19. The van der Waals surface area contributed by atoms with E-state index in [9.17, 15) is 32.5 Å². The number of carbonyl (C=O) groups is 1. The van der Waals surface area contributed by atoms with Gasteiger partial charge in [0, 0.05) is 33.4 Å². The number of rotatable bonds is 6. The maximum Gasteiger partial charge on any atom is 0.228 e. The Bertz CT molecular complexity index is 844. The zero-order chi connectivity index (χ0) is 17.9. The fraction of sp³-hybridized carbons (Fsp3) is 0.0714. The number of hydrogen-bond donors (Lipinski definition) is 1. The van der Waals surface area contributed by atoms with E-state index >= 15 is 0 Å². The van der Waals surface area contributed by atoms with Crippen molar-refractivity contribution in [3.8, 4) is 0 Å². The first-order valence-corrected chi connectivity index (χ1v) is 7.46. The van der Waals surface area contributed by atoms with Crippen LogP contribution in [0, 0.1) is 21.7 Å². The summed E-state index contributed by atoms with van der Waals surface area (Å²) in [6.45, 7) is -0.604. The van der Waals surface area contributed by atoms with E-state index in [4.69, 9.17) is 0 Å². The molecular formula is C14H9F2N2O5S-. The molecule has 0 aliphatic heterocycles. The van der Waals surface area contributed by atoms with E-state index in [0.717, 1.165) is 24.3 Å². The fourth-order valence-corrected chi connectivity index (χ4v) is 2.38. The molecule has 10 heteroatoms. The minimum Gasteiger partial charge on any atom is -0.755 e. The maximum atomic E-state index is 13.8. The Morgan fingerprint density at radius 1 is 1.17 bits per heavy atom. The first kappa shape index (κ1) is 17.6. The molecule has 0 saturated heterocycles. The van der Waals surface area contributed by atoms with E-state index in [1.807, 2.05) is 4.72 Å². The van der Waals surface area contributed by atoms with E-state index in [2.05, 4.69) is 0 Å². The molecule has 7 nitrogen and oxygen atoms in total. The van der Waals surface area contributed by atoms with Crippen LogP contribution in [0.3, 0.4) is 0 Å². The number of nitro groups is 1. The molecule has 0 aliphatic carbocycles. The highest BCUT2D eigenvalue weighted by Crippen LogP contribution is 2.23. The summed E-state index contributed by atoms with van der Waals surface area (Å²) in [6, 6.07) is 5.79. The number of benzene rings is 2. The Morgan fingerprint density at radius 2 is 1.88 bits per heavy atom. The monoisotopic (exact) mass is 355 g/mol. The molecule has 0 saturated carbocycles. The number of hydrogen-bond acceptors (Lipinski definition) is 5. The molecule has 0 radical (unpaired) electrons. The van der Waals surface area contributed by atoms with Crippen LogP contribution in [0.2, 0.25) is 0 Å². The summed E-state index contributed by atoms with van der Waals surface area (Å²) in [6.07, 6.45) is 0. The molecule has 1 N–H and O–H groups in total. The molecule has 0 bridgehead atoms. The molecular weight excluding hydrogens is 346 g/mol. The van der Waals surface area contributed by atoms with Gasteiger partial charge in [0.1, 0.15) is 11.6 Å². The molecule has 0 aromatic heterocycles. The van der Waals surface area contributed by atoms with Gasteiger partial charge in [-0.05, 0) is 24.3 Å². The Balaban J connectivity index is 2.53. The van der Waals surface area contributed by atoms with Gasteiger partial charge in [0.2, 0.25) is 6.54 Å². The normalized spacial score (nSPS) is 11.8. The molecule has 0 heterocycles. The highest BCUT2D eigenvalue weighted by atomic mass is 32.2. The third-order valence-electron chi connectivity index (χ3n) is 3.01. The second-order valence-electron chi connectivity index (χ2n) is 4.66. The van der Waals surface area contributed by atoms with Gasteiger partial charge in [-0.2, -0.15) is 0 Å². The predicted molar refractivity (Wildman–Crippen MR) is 79.5 cm³/mol. The summed E-state index contributed by atoms with van der Waals surface area (Å²) in [4.78, 5) is 22.4. The Morgan fingerprint density at radius 3 is 2.46 bits per heavy atom. The first-order valence-electron chi connectivity index (χ1n) is 6.38. The number of halogens is 2. The van der Waals surface area contributed by atoms with Gasteiger partial charge < -0.3 is 9.27 Å². The summed E-state index contributed by atoms with van der Waals surface area (Å²) in [7, 11) is 0. The van der Waals surface area contributed by atoms with Crippen LogP contribution in [-0.4, -0.2) is 19.5 Å². The van der Waals surface area contributed by atoms with Crippen LogP contribution < -0.4 is 4.72 Å². The minimum absolute atomic E-state index is 0.119. The Kier molecular flexibility index (Phi) is 5.31. The van der Waals surface area contributed by atoms with Crippen LogP contribution in [0.4, 0.5) is 14.5 Å². The minimum atomic E-state index is -2.77. The summed E-state index contributed by atoms with van der Waals surface area (Å²) < 4.78 is 50.3. The van der Waals surface area contributed by atoms with Crippen LogP contribution in [0.5, 0.6) is 0 Å². The van der Waals surface area contributed by atoms with Crippen molar-refractivity contribution in [1.82, 2.24) is 0 Å². The van der Waals surface area contributed by atoms with Crippen LogP contribution in [0.15, 0.2) is 36.4 Å². The molecule has 2 aromatic carbocycles. The Hall–Kier alpha value is -2.72. The van der Waals surface area contributed by atoms with Crippen molar-refractivity contribution in [3.05, 3.63) is 74.8 Å². The van der Waals surface area contributed by atoms with Crippen molar-refractivity contribution >= 4 is 22.7 Å². The lowest BCUT2D eigenvalue weighted by Crippen LogP contribution is -2.12. The van der Waals surface area contributed by atoms with Gasteiger partial charge in [0.25, 0.3) is 0 Å². The summed E-state index contributed by atoms with van der Waals surface area (Å²) in [5.41, 5.74) is -0.837. The second kappa shape index (κ2) is 7.23. The van der Waals surface area contributed by atoms with Gasteiger partial charge >= 0.3 is 0 Å². The van der Waals surface area contributed by atoms with Gasteiger partial charge in [-0.3, -0.25) is 19.1 Å². The second-order valence-corrected chi connectivity index (χ2v) is 5.33. The summed E-state index contributed by atoms with van der Waals surface area (Å²) in [5, 5.41) is 10.6. The third kappa shape index (κ3) is 4.18. The smallest absolute Gasteiger partial charge is 0.228 e. The summed E-state index contributed by atoms with van der Waals surface area (Å²) in [5.74, 6) is -2.95. The average Bonchev–Trinajstić information content (AvgIpc) is 2.47. The molecule has 24 heavy (non-hydrogen) atoms. The van der Waals surface area contributed by atoms with Crippen LogP contribution >= 0.6 is 0 Å². The van der Waals surface area contributed by atoms with Gasteiger partial charge in [-0.1, -0.05) is 6.07 Å². The summed E-state index contributed by atoms with van der Waals surface area (Å²) >= 11 is -2.77. The lowest BCUT2D eigenvalue weighted by Gasteiger charge is -2.14. The largest absolute Gasteiger partial charge is 0.755 e. The number of carbonyl (C=O) groups excluding carboxylic acids is 1. The maximum absolute atomic E-state index is 13.8. The fourth-order valence-electron chi connectivity index (χ4n) is 2.02. The van der Waals surface area contributed by atoms with Crippen LogP contribution in [-0.2, 0) is 17.8 Å². The molecule has 0 amide bonds. The SMILES string of the molecule is O=C(c1ccc(F)cc1F)c1cc(C[N+](=O)[O-])ccc1NS(=O)[O-]. The molecule has 0 spiro atoms. The van der Waals surface area contributed by atoms with Crippen LogP contribution in [0.1, 0.15) is 21.5 Å². The molecule has 2 rings (SSSR count). The van der Waals surface area contributed by atoms with Crippen molar-refractivity contribution in [3.63, 3.8) is 0 Å². The molecule has 0 fully saturated rings. The number of nitrogens with zero attached hydrogens (tertiary/aromatic N) is 1. The average molecular weight is 355 g/mol. The van der Waals surface area contributed by atoms with Crippen LogP contribution in [0.25, 0.3) is 0 Å². The highest BCUT2D eigenvalue weighted by molar-refractivity contribution is 7.80. The van der Waals surface area contributed by atoms with E-state index in [1.165, 1.54) is 6.07 Å². The third-order valence-corrected chi connectivity index (χ3v) is 3.40. The molecule has 1 unspecified atom stereocenters. The quantitative estimate of drug-likeness (QED) is 0.369. The first-order chi connectivity index (χ1) is 11.3. The van der Waals surface area contributed by atoms with E-state index in [-0.39, 0.29) is 16.8 Å². The van der Waals surface area contributed by atoms with E-state index in [0.29, 0.717) is 6.07 Å². The van der Waals surface area contributed by atoms with Gasteiger partial charge in [-0.15, -0.1) is 0 Å². The van der Waals surface area contributed by atoms with Crippen molar-refractivity contribution < 1.29 is 27.3 Å². The van der Waals surface area contributed by atoms with E-state index < -0.39 is 45.7 Å². The predicted octanol–water partition coefficient (Wildman–Crippen LogP) is 2.18.